The SMILES string of the molecule is O=C(COC(=O)CCc1cnn(-c2ccccc2)c1)Nc1cc(C(F)(F)F)ccc1-n1cncn1. The van der Waals surface area contributed by atoms with E-state index in [4.69, 9.17) is 4.74 Å². The van der Waals surface area contributed by atoms with Gasteiger partial charge in [-0.3, -0.25) is 9.59 Å². The number of amides is 1. The molecule has 35 heavy (non-hydrogen) atoms. The molecular formula is C23H19F3N6O3. The number of nitrogens with zero attached hydrogens (tertiary/aromatic N) is 5. The van der Waals surface area contributed by atoms with Gasteiger partial charge in [0.15, 0.2) is 6.61 Å². The van der Waals surface area contributed by atoms with Gasteiger partial charge in [-0.05, 0) is 42.3 Å². The summed E-state index contributed by atoms with van der Waals surface area (Å²) in [6.07, 6.45) is 1.63. The minimum atomic E-state index is -4.61. The number of anilines is 1. The Labute approximate surface area is 197 Å². The van der Waals surface area contributed by atoms with Gasteiger partial charge in [0.05, 0.1) is 28.8 Å². The quantitative estimate of drug-likeness (QED) is 0.384. The Morgan fingerprint density at radius 2 is 1.83 bits per heavy atom. The molecule has 12 heteroatoms. The minimum absolute atomic E-state index is 0.00152. The molecule has 0 saturated heterocycles. The number of para-hydroxylation sites is 1. The fourth-order valence-electron chi connectivity index (χ4n) is 3.21. The first-order chi connectivity index (χ1) is 16.8. The van der Waals surface area contributed by atoms with Crippen molar-refractivity contribution in [2.75, 3.05) is 11.9 Å². The van der Waals surface area contributed by atoms with Crippen LogP contribution in [0, 0.1) is 0 Å². The third kappa shape index (κ3) is 6.10. The van der Waals surface area contributed by atoms with E-state index in [1.54, 1.807) is 17.1 Å². The van der Waals surface area contributed by atoms with Crippen LogP contribution in [0.3, 0.4) is 0 Å². The summed E-state index contributed by atoms with van der Waals surface area (Å²) in [5.74, 6) is -1.43. The Morgan fingerprint density at radius 1 is 1.03 bits per heavy atom. The van der Waals surface area contributed by atoms with Crippen LogP contribution in [0.15, 0.2) is 73.6 Å². The second-order valence-corrected chi connectivity index (χ2v) is 7.41. The Hall–Kier alpha value is -4.48. The lowest BCUT2D eigenvalue weighted by Crippen LogP contribution is -2.22. The molecule has 2 aromatic carbocycles. The number of hydrogen-bond acceptors (Lipinski definition) is 6. The van der Waals surface area contributed by atoms with Gasteiger partial charge in [-0.1, -0.05) is 18.2 Å². The number of aryl methyl sites for hydroxylation is 1. The Morgan fingerprint density at radius 3 is 2.54 bits per heavy atom. The molecule has 2 heterocycles. The van der Waals surface area contributed by atoms with Gasteiger partial charge in [0.2, 0.25) is 0 Å². The lowest BCUT2D eigenvalue weighted by atomic mass is 10.1. The number of carbonyl (C=O) groups excluding carboxylic acids is 2. The molecule has 4 aromatic rings. The second kappa shape index (κ2) is 10.2. The molecule has 0 aliphatic heterocycles. The monoisotopic (exact) mass is 484 g/mol. The van der Waals surface area contributed by atoms with Gasteiger partial charge in [0.1, 0.15) is 12.7 Å². The molecule has 4 rings (SSSR count). The summed E-state index contributed by atoms with van der Waals surface area (Å²) in [6.45, 7) is -0.658. The third-order valence-electron chi connectivity index (χ3n) is 4.90. The van der Waals surface area contributed by atoms with Crippen LogP contribution in [0.1, 0.15) is 17.5 Å². The lowest BCUT2D eigenvalue weighted by molar-refractivity contribution is -0.147. The van der Waals surface area contributed by atoms with Crippen LogP contribution in [0.4, 0.5) is 18.9 Å². The number of carbonyl (C=O) groups is 2. The molecule has 0 radical (unpaired) electrons. The fourth-order valence-corrected chi connectivity index (χ4v) is 3.21. The van der Waals surface area contributed by atoms with Gasteiger partial charge in [-0.2, -0.15) is 23.4 Å². The van der Waals surface area contributed by atoms with E-state index in [1.165, 1.54) is 17.3 Å². The molecule has 1 amide bonds. The highest BCUT2D eigenvalue weighted by Gasteiger charge is 2.31. The molecule has 0 bridgehead atoms. The first-order valence-electron chi connectivity index (χ1n) is 10.4. The van der Waals surface area contributed by atoms with Crippen LogP contribution in [-0.4, -0.2) is 43.0 Å². The zero-order chi connectivity index (χ0) is 24.8. The number of esters is 1. The molecule has 9 nitrogen and oxygen atoms in total. The number of nitrogens with one attached hydrogen (secondary N) is 1. The summed E-state index contributed by atoms with van der Waals surface area (Å²) < 4.78 is 47.3. The van der Waals surface area contributed by atoms with Crippen LogP contribution in [0.5, 0.6) is 0 Å². The standard InChI is InChI=1S/C23H19F3N6O3/c24-23(25,26)17-7-8-20(32-15-27-14-29-32)19(10-17)30-21(33)13-35-22(34)9-6-16-11-28-31(12-16)18-4-2-1-3-5-18/h1-5,7-8,10-12,14-15H,6,9,13H2,(H,30,33). The average Bonchev–Trinajstić information content (AvgIpc) is 3.54. The first-order valence-corrected chi connectivity index (χ1v) is 10.4. The number of rotatable bonds is 8. The highest BCUT2D eigenvalue weighted by Crippen LogP contribution is 2.33. The van der Waals surface area contributed by atoms with Crippen molar-refractivity contribution in [2.24, 2.45) is 0 Å². The fraction of sp³-hybridized carbons (Fsp3) is 0.174. The first kappa shape index (κ1) is 23.7. The number of halogens is 3. The van der Waals surface area contributed by atoms with Crippen molar-refractivity contribution in [1.29, 1.82) is 0 Å². The Bertz CT molecular complexity index is 1300. The predicted molar refractivity (Wildman–Crippen MR) is 118 cm³/mol. The molecule has 0 fully saturated rings. The van der Waals surface area contributed by atoms with Crippen LogP contribution in [0.2, 0.25) is 0 Å². The van der Waals surface area contributed by atoms with Crippen LogP contribution < -0.4 is 5.32 Å². The highest BCUT2D eigenvalue weighted by molar-refractivity contribution is 5.94. The molecule has 0 atom stereocenters. The lowest BCUT2D eigenvalue weighted by Gasteiger charge is -2.14. The van der Waals surface area contributed by atoms with Crippen molar-refractivity contribution in [2.45, 2.75) is 19.0 Å². The summed E-state index contributed by atoms with van der Waals surface area (Å²) in [6, 6.07) is 12.2. The molecular weight excluding hydrogens is 465 g/mol. The van der Waals surface area contributed by atoms with Gasteiger partial charge in [-0.25, -0.2) is 14.3 Å². The topological polar surface area (TPSA) is 104 Å². The average molecular weight is 484 g/mol. The van der Waals surface area contributed by atoms with Crippen LogP contribution in [-0.2, 0) is 26.9 Å². The number of aromatic nitrogens is 5. The van der Waals surface area contributed by atoms with Crippen molar-refractivity contribution in [3.05, 3.63) is 84.7 Å². The second-order valence-electron chi connectivity index (χ2n) is 7.41. The van der Waals surface area contributed by atoms with E-state index < -0.39 is 30.2 Å². The van der Waals surface area contributed by atoms with Gasteiger partial charge in [0, 0.05) is 12.6 Å². The summed E-state index contributed by atoms with van der Waals surface area (Å²) in [4.78, 5) is 28.1. The van der Waals surface area contributed by atoms with E-state index in [-0.39, 0.29) is 17.8 Å². The Kier molecular flexibility index (Phi) is 6.90. The zero-order valence-corrected chi connectivity index (χ0v) is 18.1. The molecule has 0 aliphatic carbocycles. The van der Waals surface area contributed by atoms with E-state index in [0.29, 0.717) is 6.42 Å². The Balaban J connectivity index is 1.33. The molecule has 0 aliphatic rings. The van der Waals surface area contributed by atoms with E-state index >= 15 is 0 Å². The van der Waals surface area contributed by atoms with Crippen LogP contribution in [0.25, 0.3) is 11.4 Å². The van der Waals surface area contributed by atoms with E-state index in [1.807, 2.05) is 30.3 Å². The van der Waals surface area contributed by atoms with Crippen molar-refractivity contribution >= 4 is 17.6 Å². The van der Waals surface area contributed by atoms with Crippen molar-refractivity contribution in [3.63, 3.8) is 0 Å². The smallest absolute Gasteiger partial charge is 0.416 e. The highest BCUT2D eigenvalue weighted by atomic mass is 19.4. The molecule has 0 spiro atoms. The summed E-state index contributed by atoms with van der Waals surface area (Å²) in [7, 11) is 0. The van der Waals surface area contributed by atoms with E-state index in [2.05, 4.69) is 20.5 Å². The maximum absolute atomic E-state index is 13.1. The molecule has 2 aromatic heterocycles. The largest absolute Gasteiger partial charge is 0.456 e. The van der Waals surface area contributed by atoms with Crippen LogP contribution >= 0.6 is 0 Å². The summed E-state index contributed by atoms with van der Waals surface area (Å²) in [5.41, 5.74) is 0.740. The minimum Gasteiger partial charge on any atom is -0.456 e. The third-order valence-corrected chi connectivity index (χ3v) is 4.90. The number of hydrogen-bond donors (Lipinski definition) is 1. The van der Waals surface area contributed by atoms with Crippen molar-refractivity contribution < 1.29 is 27.5 Å². The van der Waals surface area contributed by atoms with Gasteiger partial charge in [0.25, 0.3) is 5.91 Å². The number of benzene rings is 2. The maximum atomic E-state index is 13.1. The summed E-state index contributed by atoms with van der Waals surface area (Å²) >= 11 is 0. The van der Waals surface area contributed by atoms with Gasteiger partial charge >= 0.3 is 12.1 Å². The molecule has 0 unspecified atom stereocenters. The zero-order valence-electron chi connectivity index (χ0n) is 18.1. The number of ether oxygens (including phenoxy) is 1. The van der Waals surface area contributed by atoms with Gasteiger partial charge < -0.3 is 10.1 Å². The van der Waals surface area contributed by atoms with Gasteiger partial charge in [-0.15, -0.1) is 0 Å². The van der Waals surface area contributed by atoms with Crippen molar-refractivity contribution in [3.8, 4) is 11.4 Å². The van der Waals surface area contributed by atoms with Crippen molar-refractivity contribution in [1.82, 2.24) is 24.5 Å². The maximum Gasteiger partial charge on any atom is 0.416 e. The normalized spacial score (nSPS) is 11.3. The molecule has 180 valence electrons. The van der Waals surface area contributed by atoms with E-state index in [0.717, 1.165) is 29.4 Å². The summed E-state index contributed by atoms with van der Waals surface area (Å²) in [5, 5.41) is 10.5. The molecule has 0 saturated carbocycles. The van der Waals surface area contributed by atoms with E-state index in [9.17, 15) is 22.8 Å². The predicted octanol–water partition coefficient (Wildman–Crippen LogP) is 3.59. The molecule has 1 N–H and O–H groups in total. The number of alkyl halides is 3.